The van der Waals surface area contributed by atoms with Crippen molar-refractivity contribution in [2.45, 2.75) is 380 Å². The monoisotopic (exact) mass is 1150 g/mol. The van der Waals surface area contributed by atoms with Crippen molar-refractivity contribution in [1.29, 1.82) is 0 Å². The summed E-state index contributed by atoms with van der Waals surface area (Å²) in [5.74, 6) is -0.868. The minimum absolute atomic E-state index is 0.0759. The molecule has 0 aromatic rings. The number of hydrogen-bond donors (Lipinski definition) is 0. The fraction of sp³-hybridized carbons (Fsp3) is 0.803. The van der Waals surface area contributed by atoms with E-state index in [1.807, 2.05) is 0 Å². The molecule has 1 unspecified atom stereocenters. The van der Waals surface area contributed by atoms with E-state index in [4.69, 9.17) is 14.2 Å². The van der Waals surface area contributed by atoms with E-state index in [9.17, 15) is 14.4 Å². The molecule has 1 atom stereocenters. The second-order valence-corrected chi connectivity index (χ2v) is 24.1. The van der Waals surface area contributed by atoms with Gasteiger partial charge in [0.1, 0.15) is 13.2 Å². The normalized spacial score (nSPS) is 12.5. The fourth-order valence-electron chi connectivity index (χ4n) is 10.6. The Balaban J connectivity index is 4.23. The van der Waals surface area contributed by atoms with Crippen LogP contribution in [-0.2, 0) is 28.6 Å². The minimum atomic E-state index is -0.781. The molecule has 0 heterocycles. The molecule has 0 bridgehead atoms. The third-order valence-corrected chi connectivity index (χ3v) is 15.9. The lowest BCUT2D eigenvalue weighted by Gasteiger charge is -2.18. The molecule has 0 N–H and O–H groups in total. The van der Waals surface area contributed by atoms with Gasteiger partial charge in [0, 0.05) is 19.3 Å². The van der Waals surface area contributed by atoms with Gasteiger partial charge >= 0.3 is 17.9 Å². The molecule has 0 aromatic heterocycles. The predicted molar refractivity (Wildman–Crippen MR) is 358 cm³/mol. The third kappa shape index (κ3) is 67.6. The maximum Gasteiger partial charge on any atom is 0.306 e. The van der Waals surface area contributed by atoms with Crippen molar-refractivity contribution in [3.63, 3.8) is 0 Å². The van der Waals surface area contributed by atoms with E-state index in [1.165, 1.54) is 225 Å². The van der Waals surface area contributed by atoms with Crippen molar-refractivity contribution in [3.05, 3.63) is 72.9 Å². The van der Waals surface area contributed by atoms with Crippen LogP contribution in [0.3, 0.4) is 0 Å². The van der Waals surface area contributed by atoms with Crippen LogP contribution in [0, 0.1) is 0 Å². The average Bonchev–Trinajstić information content (AvgIpc) is 3.47. The Morgan fingerprint density at radius 1 is 0.256 bits per heavy atom. The number of unbranched alkanes of at least 4 members (excludes halogenated alkanes) is 43. The zero-order valence-electron chi connectivity index (χ0n) is 54.8. The van der Waals surface area contributed by atoms with Gasteiger partial charge in [-0.1, -0.05) is 344 Å². The molecule has 0 saturated heterocycles. The van der Waals surface area contributed by atoms with E-state index in [0.717, 1.165) is 109 Å². The Labute approximate surface area is 510 Å². The van der Waals surface area contributed by atoms with Crippen molar-refractivity contribution in [2.75, 3.05) is 13.2 Å². The summed E-state index contributed by atoms with van der Waals surface area (Å²) in [5, 5.41) is 0. The Hall–Kier alpha value is -3.15. The minimum Gasteiger partial charge on any atom is -0.462 e. The number of carbonyl (C=O) groups is 3. The van der Waals surface area contributed by atoms with Gasteiger partial charge in [-0.15, -0.1) is 0 Å². The summed E-state index contributed by atoms with van der Waals surface area (Å²) < 4.78 is 17.0. The Bertz CT molecular complexity index is 1500. The molecule has 0 fully saturated rings. The smallest absolute Gasteiger partial charge is 0.306 e. The van der Waals surface area contributed by atoms with Gasteiger partial charge in [0.15, 0.2) is 6.10 Å². The second kappa shape index (κ2) is 70.3. The van der Waals surface area contributed by atoms with Crippen LogP contribution in [0.5, 0.6) is 0 Å². The van der Waals surface area contributed by atoms with Crippen molar-refractivity contribution in [1.82, 2.24) is 0 Å². The van der Waals surface area contributed by atoms with Crippen molar-refractivity contribution < 1.29 is 28.6 Å². The fourth-order valence-corrected chi connectivity index (χ4v) is 10.6. The van der Waals surface area contributed by atoms with Crippen LogP contribution in [-0.4, -0.2) is 37.2 Å². The number of esters is 3. The first-order valence-corrected chi connectivity index (χ1v) is 35.9. The molecule has 476 valence electrons. The first kappa shape index (κ1) is 78.8. The quantitative estimate of drug-likeness (QED) is 0.0261. The van der Waals surface area contributed by atoms with E-state index in [2.05, 4.69) is 93.7 Å². The molecule has 6 nitrogen and oxygen atoms in total. The molecule has 6 heteroatoms. The molecular formula is C76H136O6. The summed E-state index contributed by atoms with van der Waals surface area (Å²) in [5.41, 5.74) is 0. The summed E-state index contributed by atoms with van der Waals surface area (Å²) in [4.78, 5) is 38.4. The van der Waals surface area contributed by atoms with Crippen LogP contribution < -0.4 is 0 Å². The molecule has 0 rings (SSSR count). The lowest BCUT2D eigenvalue weighted by molar-refractivity contribution is -0.167. The lowest BCUT2D eigenvalue weighted by atomic mass is 10.0. The van der Waals surface area contributed by atoms with Gasteiger partial charge in [-0.2, -0.15) is 0 Å². The van der Waals surface area contributed by atoms with Gasteiger partial charge < -0.3 is 14.2 Å². The van der Waals surface area contributed by atoms with Crippen LogP contribution in [0.15, 0.2) is 72.9 Å². The van der Waals surface area contributed by atoms with Crippen molar-refractivity contribution in [2.24, 2.45) is 0 Å². The molecule has 0 aliphatic rings. The van der Waals surface area contributed by atoms with Crippen LogP contribution in [0.2, 0.25) is 0 Å². The Kier molecular flexibility index (Phi) is 67.6. The van der Waals surface area contributed by atoms with Gasteiger partial charge in [-0.05, 0) is 83.5 Å². The van der Waals surface area contributed by atoms with Gasteiger partial charge in [0.25, 0.3) is 0 Å². The molecule has 0 spiro atoms. The van der Waals surface area contributed by atoms with Gasteiger partial charge in [0.05, 0.1) is 0 Å². The van der Waals surface area contributed by atoms with E-state index >= 15 is 0 Å². The predicted octanol–water partition coefficient (Wildman–Crippen LogP) is 24.8. The maximum absolute atomic E-state index is 13.0. The zero-order chi connectivity index (χ0) is 59.2. The largest absolute Gasteiger partial charge is 0.462 e. The summed E-state index contributed by atoms with van der Waals surface area (Å²) >= 11 is 0. The van der Waals surface area contributed by atoms with E-state index in [-0.39, 0.29) is 31.1 Å². The van der Waals surface area contributed by atoms with Crippen LogP contribution in [0.25, 0.3) is 0 Å². The number of ether oxygens (including phenoxy) is 3. The summed E-state index contributed by atoms with van der Waals surface area (Å²) in [6.45, 7) is 6.51. The molecule has 0 radical (unpaired) electrons. The number of allylic oxidation sites excluding steroid dienone is 12. The first-order chi connectivity index (χ1) is 40.5. The average molecular weight is 1150 g/mol. The zero-order valence-corrected chi connectivity index (χ0v) is 54.8. The van der Waals surface area contributed by atoms with Crippen LogP contribution in [0.1, 0.15) is 374 Å². The molecule has 0 saturated carbocycles. The SMILES string of the molecule is CC/C=C\C/C=C\C/C=C\C/C=C\CCCCCCCCCCCCCCCCC(=O)OCC(COC(=O)CCCCCCC/C=C\C/C=C\CCC)OC(=O)CCCCCCCCCCCCCCCCCCCCCCCCCC. The highest BCUT2D eigenvalue weighted by Crippen LogP contribution is 2.18. The Morgan fingerprint density at radius 2 is 0.500 bits per heavy atom. The lowest BCUT2D eigenvalue weighted by Crippen LogP contribution is -2.30. The maximum atomic E-state index is 13.0. The highest BCUT2D eigenvalue weighted by Gasteiger charge is 2.19. The van der Waals surface area contributed by atoms with Gasteiger partial charge in [0.2, 0.25) is 0 Å². The molecule has 0 aliphatic heterocycles. The van der Waals surface area contributed by atoms with Crippen LogP contribution >= 0.6 is 0 Å². The second-order valence-electron chi connectivity index (χ2n) is 24.1. The highest BCUT2D eigenvalue weighted by molar-refractivity contribution is 5.71. The number of rotatable bonds is 66. The van der Waals surface area contributed by atoms with Gasteiger partial charge in [-0.3, -0.25) is 14.4 Å². The van der Waals surface area contributed by atoms with E-state index in [1.54, 1.807) is 0 Å². The standard InChI is InChI=1S/C76H136O6/c1-4-7-10-13-16-19-22-25-27-29-31-33-35-37-38-39-41-42-44-46-48-51-54-57-60-63-66-69-75(78)81-72-73(71-80-74(77)68-65-62-59-56-53-50-24-21-18-15-12-9-6-3)82-76(79)70-67-64-61-58-55-52-49-47-45-43-40-36-34-32-30-28-26-23-20-17-14-11-8-5-2/h7,10,12,15-16,19,21,24-25,27,31,33,73H,4-6,8-9,11,13-14,17-18,20,22-23,26,28-30,32,34-72H2,1-3H3/b10-7-,15-12-,19-16-,24-21-,27-25-,33-31-. The topological polar surface area (TPSA) is 78.9 Å². The van der Waals surface area contributed by atoms with Crippen molar-refractivity contribution >= 4 is 17.9 Å². The van der Waals surface area contributed by atoms with E-state index in [0.29, 0.717) is 19.3 Å². The third-order valence-electron chi connectivity index (χ3n) is 15.9. The first-order valence-electron chi connectivity index (χ1n) is 35.9. The summed E-state index contributed by atoms with van der Waals surface area (Å²) in [6.07, 6.45) is 92.3. The number of carbonyl (C=O) groups excluding carboxylic acids is 3. The summed E-state index contributed by atoms with van der Waals surface area (Å²) in [6, 6.07) is 0. The van der Waals surface area contributed by atoms with Gasteiger partial charge in [-0.25, -0.2) is 0 Å². The van der Waals surface area contributed by atoms with Crippen LogP contribution in [0.4, 0.5) is 0 Å². The Morgan fingerprint density at radius 3 is 0.793 bits per heavy atom. The van der Waals surface area contributed by atoms with Crippen molar-refractivity contribution in [3.8, 4) is 0 Å². The molecule has 0 aromatic carbocycles. The molecule has 0 aliphatic carbocycles. The summed E-state index contributed by atoms with van der Waals surface area (Å²) in [7, 11) is 0. The molecule has 0 amide bonds. The number of hydrogen-bond acceptors (Lipinski definition) is 6. The van der Waals surface area contributed by atoms with E-state index < -0.39 is 6.10 Å². The molecular weight excluding hydrogens is 1010 g/mol. The highest BCUT2D eigenvalue weighted by atomic mass is 16.6. The molecule has 82 heavy (non-hydrogen) atoms.